The molecule has 0 spiro atoms. The second-order valence-corrected chi connectivity index (χ2v) is 8.95. The van der Waals surface area contributed by atoms with Crippen molar-refractivity contribution < 1.29 is 9.53 Å². The fourth-order valence-corrected chi connectivity index (χ4v) is 4.40. The molecular weight excluding hydrogens is 454 g/mol. The molecule has 186 valence electrons. The van der Waals surface area contributed by atoms with Gasteiger partial charge in [-0.15, -0.1) is 15.3 Å². The minimum absolute atomic E-state index is 0.237. The van der Waals surface area contributed by atoms with Crippen LogP contribution in [0.4, 0.5) is 11.5 Å². The molecule has 0 bridgehead atoms. The van der Waals surface area contributed by atoms with Crippen LogP contribution in [0.3, 0.4) is 0 Å². The second-order valence-electron chi connectivity index (χ2n) is 8.95. The number of piperazine rings is 1. The molecule has 0 aliphatic carbocycles. The van der Waals surface area contributed by atoms with E-state index in [-0.39, 0.29) is 11.6 Å². The summed E-state index contributed by atoms with van der Waals surface area (Å²) in [6.07, 6.45) is 4.83. The van der Waals surface area contributed by atoms with Gasteiger partial charge in [-0.05, 0) is 55.0 Å². The molecule has 9 nitrogen and oxygen atoms in total. The van der Waals surface area contributed by atoms with E-state index in [9.17, 15) is 4.79 Å². The summed E-state index contributed by atoms with van der Waals surface area (Å²) >= 11 is 0. The summed E-state index contributed by atoms with van der Waals surface area (Å²) in [4.78, 5) is 17.4. The molecule has 0 N–H and O–H groups in total. The van der Waals surface area contributed by atoms with Crippen molar-refractivity contribution in [2.75, 3.05) is 42.6 Å². The molecule has 36 heavy (non-hydrogen) atoms. The highest BCUT2D eigenvalue weighted by Gasteiger charge is 2.20. The van der Waals surface area contributed by atoms with Gasteiger partial charge in [-0.25, -0.2) is 0 Å². The lowest BCUT2D eigenvalue weighted by Gasteiger charge is -2.36. The standard InChI is InChI=1S/C27H31N7O2/c1-2-3-4-7-20-36-22-12-10-21(11-13-22)32-16-18-33(19-17-32)26-15-14-24(28-30-26)27(35)34-25-9-6-5-8-23(25)29-31-34/h5-6,8-15H,2-4,7,16-20H2,1H3. The number of carbonyl (C=O) groups is 1. The van der Waals surface area contributed by atoms with Gasteiger partial charge in [0.1, 0.15) is 11.3 Å². The molecule has 2 aromatic heterocycles. The van der Waals surface area contributed by atoms with Crippen LogP contribution >= 0.6 is 0 Å². The topological polar surface area (TPSA) is 89.3 Å². The summed E-state index contributed by atoms with van der Waals surface area (Å²) in [5.74, 6) is 1.35. The maximum Gasteiger partial charge on any atom is 0.300 e. The Morgan fingerprint density at radius 2 is 1.61 bits per heavy atom. The van der Waals surface area contributed by atoms with Crippen molar-refractivity contribution in [2.24, 2.45) is 0 Å². The second kappa shape index (κ2) is 11.2. The Balaban J connectivity index is 1.14. The predicted molar refractivity (Wildman–Crippen MR) is 140 cm³/mol. The van der Waals surface area contributed by atoms with Crippen molar-refractivity contribution in [3.8, 4) is 5.75 Å². The van der Waals surface area contributed by atoms with Gasteiger partial charge in [0.05, 0.1) is 12.1 Å². The first kappa shape index (κ1) is 23.7. The van der Waals surface area contributed by atoms with Crippen LogP contribution < -0.4 is 14.5 Å². The first-order chi connectivity index (χ1) is 17.7. The van der Waals surface area contributed by atoms with E-state index in [1.54, 1.807) is 6.07 Å². The Kier molecular flexibility index (Phi) is 7.35. The van der Waals surface area contributed by atoms with Crippen LogP contribution in [0.15, 0.2) is 60.7 Å². The van der Waals surface area contributed by atoms with E-state index in [2.05, 4.69) is 61.5 Å². The van der Waals surface area contributed by atoms with Crippen LogP contribution in [0.25, 0.3) is 11.0 Å². The van der Waals surface area contributed by atoms with E-state index in [0.29, 0.717) is 11.0 Å². The third-order valence-electron chi connectivity index (χ3n) is 6.49. The van der Waals surface area contributed by atoms with E-state index in [1.165, 1.54) is 29.6 Å². The molecule has 5 rings (SSSR count). The monoisotopic (exact) mass is 485 g/mol. The van der Waals surface area contributed by atoms with Crippen LogP contribution in [0.5, 0.6) is 5.75 Å². The first-order valence-electron chi connectivity index (χ1n) is 12.6. The number of carbonyl (C=O) groups excluding carboxylic acids is 1. The van der Waals surface area contributed by atoms with Gasteiger partial charge in [0.2, 0.25) is 0 Å². The Morgan fingerprint density at radius 3 is 2.36 bits per heavy atom. The number of benzene rings is 2. The number of nitrogens with zero attached hydrogens (tertiary/aromatic N) is 7. The van der Waals surface area contributed by atoms with Gasteiger partial charge in [0.25, 0.3) is 0 Å². The lowest BCUT2D eigenvalue weighted by atomic mass is 10.2. The number of para-hydroxylation sites is 1. The lowest BCUT2D eigenvalue weighted by molar-refractivity contribution is 0.0942. The smallest absolute Gasteiger partial charge is 0.300 e. The number of ether oxygens (including phenoxy) is 1. The van der Waals surface area contributed by atoms with Crippen molar-refractivity contribution in [1.29, 1.82) is 0 Å². The third-order valence-corrected chi connectivity index (χ3v) is 6.49. The van der Waals surface area contributed by atoms with Crippen LogP contribution in [0.1, 0.15) is 43.1 Å². The number of hydrogen-bond donors (Lipinski definition) is 0. The zero-order valence-electron chi connectivity index (χ0n) is 20.6. The van der Waals surface area contributed by atoms with Crippen LogP contribution in [0.2, 0.25) is 0 Å². The fourth-order valence-electron chi connectivity index (χ4n) is 4.40. The van der Waals surface area contributed by atoms with Crippen molar-refractivity contribution >= 4 is 28.4 Å². The third kappa shape index (κ3) is 5.30. The van der Waals surface area contributed by atoms with Gasteiger partial charge >= 0.3 is 5.91 Å². The normalized spacial score (nSPS) is 13.8. The summed E-state index contributed by atoms with van der Waals surface area (Å²) in [6, 6.07) is 19.3. The number of fused-ring (bicyclic) bond motifs is 1. The maximum absolute atomic E-state index is 12.9. The first-order valence-corrected chi connectivity index (χ1v) is 12.6. The summed E-state index contributed by atoms with van der Waals surface area (Å²) in [7, 11) is 0. The van der Waals surface area contributed by atoms with E-state index in [4.69, 9.17) is 4.74 Å². The molecule has 3 heterocycles. The van der Waals surface area contributed by atoms with E-state index >= 15 is 0 Å². The summed E-state index contributed by atoms with van der Waals surface area (Å²) < 4.78 is 7.13. The number of hydrogen-bond acceptors (Lipinski definition) is 8. The average molecular weight is 486 g/mol. The van der Waals surface area contributed by atoms with E-state index in [1.807, 2.05) is 30.3 Å². The Hall–Kier alpha value is -4.01. The van der Waals surface area contributed by atoms with Crippen molar-refractivity contribution in [3.63, 3.8) is 0 Å². The number of anilines is 2. The van der Waals surface area contributed by atoms with Crippen molar-refractivity contribution in [2.45, 2.75) is 32.6 Å². The highest BCUT2D eigenvalue weighted by atomic mass is 16.5. The van der Waals surface area contributed by atoms with E-state index in [0.717, 1.165) is 50.8 Å². The SMILES string of the molecule is CCCCCCOc1ccc(N2CCN(c3ccc(C(=O)n4nnc5ccccc54)nn3)CC2)cc1. The quantitative estimate of drug-likeness (QED) is 0.326. The molecule has 0 radical (unpaired) electrons. The van der Waals surface area contributed by atoms with Gasteiger partial charge in [-0.3, -0.25) is 4.79 Å². The summed E-state index contributed by atoms with van der Waals surface area (Å²) in [5.41, 5.74) is 2.75. The van der Waals surface area contributed by atoms with Gasteiger partial charge < -0.3 is 14.5 Å². The number of aromatic nitrogens is 5. The van der Waals surface area contributed by atoms with Crippen molar-refractivity contribution in [3.05, 3.63) is 66.4 Å². The highest BCUT2D eigenvalue weighted by molar-refractivity contribution is 5.98. The van der Waals surface area contributed by atoms with Crippen LogP contribution in [-0.2, 0) is 0 Å². The average Bonchev–Trinajstić information content (AvgIpc) is 3.37. The molecule has 9 heteroatoms. The molecule has 1 aliphatic rings. The minimum atomic E-state index is -0.346. The maximum atomic E-state index is 12.9. The molecule has 2 aromatic carbocycles. The van der Waals surface area contributed by atoms with Gasteiger partial charge in [-0.2, -0.15) is 4.68 Å². The minimum Gasteiger partial charge on any atom is -0.494 e. The van der Waals surface area contributed by atoms with Gasteiger partial charge in [0, 0.05) is 31.9 Å². The van der Waals surface area contributed by atoms with Crippen LogP contribution in [-0.4, -0.2) is 63.9 Å². The molecule has 4 aromatic rings. The van der Waals surface area contributed by atoms with Gasteiger partial charge in [0.15, 0.2) is 11.5 Å². The molecule has 1 aliphatic heterocycles. The number of rotatable bonds is 9. The Labute approximate surface area is 210 Å². The molecule has 0 atom stereocenters. The van der Waals surface area contributed by atoms with Gasteiger partial charge in [-0.1, -0.05) is 43.5 Å². The number of unbranched alkanes of at least 4 members (excludes halogenated alkanes) is 3. The van der Waals surface area contributed by atoms with Crippen molar-refractivity contribution in [1.82, 2.24) is 25.2 Å². The largest absolute Gasteiger partial charge is 0.494 e. The van der Waals surface area contributed by atoms with Crippen LogP contribution in [0, 0.1) is 0 Å². The predicted octanol–water partition coefficient (Wildman–Crippen LogP) is 4.20. The lowest BCUT2D eigenvalue weighted by Crippen LogP contribution is -2.46. The highest BCUT2D eigenvalue weighted by Crippen LogP contribution is 2.22. The molecule has 0 amide bonds. The molecule has 0 saturated carbocycles. The zero-order chi connectivity index (χ0) is 24.7. The molecular formula is C27H31N7O2. The Bertz CT molecular complexity index is 1280. The van der Waals surface area contributed by atoms with E-state index < -0.39 is 0 Å². The summed E-state index contributed by atoms with van der Waals surface area (Å²) in [5, 5.41) is 16.5. The molecule has 0 unspecified atom stereocenters. The fraction of sp³-hybridized carbons (Fsp3) is 0.370. The summed E-state index contributed by atoms with van der Waals surface area (Å²) in [6.45, 7) is 6.40. The zero-order valence-corrected chi connectivity index (χ0v) is 20.6. The Morgan fingerprint density at radius 1 is 0.833 bits per heavy atom. The molecule has 1 saturated heterocycles. The molecule has 1 fully saturated rings.